The predicted molar refractivity (Wildman–Crippen MR) is 82.8 cm³/mol. The van der Waals surface area contributed by atoms with Crippen LogP contribution in [0.5, 0.6) is 5.75 Å². The van der Waals surface area contributed by atoms with Crippen molar-refractivity contribution in [2.24, 2.45) is 5.41 Å². The first kappa shape index (κ1) is 15.8. The Morgan fingerprint density at radius 2 is 2.19 bits per heavy atom. The summed E-state index contributed by atoms with van der Waals surface area (Å²) in [7, 11) is 0. The van der Waals surface area contributed by atoms with E-state index >= 15 is 0 Å². The molecule has 2 rings (SSSR count). The van der Waals surface area contributed by atoms with Crippen molar-refractivity contribution in [3.63, 3.8) is 0 Å². The van der Waals surface area contributed by atoms with Gasteiger partial charge in [0.25, 0.3) is 0 Å². The number of aryl methyl sites for hydroxylation is 2. The third-order valence-corrected chi connectivity index (χ3v) is 4.29. The first-order chi connectivity index (χ1) is 9.90. The van der Waals surface area contributed by atoms with Crippen molar-refractivity contribution in [3.05, 3.63) is 29.3 Å². The highest BCUT2D eigenvalue weighted by Gasteiger charge is 2.39. The third kappa shape index (κ3) is 3.97. The molecule has 1 saturated heterocycles. The van der Waals surface area contributed by atoms with Gasteiger partial charge in [0.1, 0.15) is 5.75 Å². The van der Waals surface area contributed by atoms with E-state index in [9.17, 15) is 9.90 Å². The van der Waals surface area contributed by atoms with E-state index in [1.54, 1.807) is 0 Å². The Morgan fingerprint density at radius 3 is 2.86 bits per heavy atom. The van der Waals surface area contributed by atoms with Crippen LogP contribution in [0.25, 0.3) is 0 Å². The lowest BCUT2D eigenvalue weighted by Gasteiger charge is -2.20. The smallest absolute Gasteiger partial charge is 0.310 e. The maximum atomic E-state index is 11.2. The Morgan fingerprint density at radius 1 is 1.43 bits per heavy atom. The summed E-state index contributed by atoms with van der Waals surface area (Å²) in [4.78, 5) is 13.4. The SMILES string of the molecule is Cc1ccc(C)c(OCCCN2CCC(C)(C(=O)O)C2)c1. The zero-order chi connectivity index (χ0) is 15.5. The number of ether oxygens (including phenoxy) is 1. The molecule has 4 heteroatoms. The summed E-state index contributed by atoms with van der Waals surface area (Å²) in [6.07, 6.45) is 1.66. The van der Waals surface area contributed by atoms with Gasteiger partial charge in [-0.05, 0) is 57.4 Å². The van der Waals surface area contributed by atoms with Crippen LogP contribution in [-0.2, 0) is 4.79 Å². The molecule has 1 N–H and O–H groups in total. The van der Waals surface area contributed by atoms with Crippen LogP contribution in [0, 0.1) is 19.3 Å². The fourth-order valence-corrected chi connectivity index (χ4v) is 2.76. The molecule has 1 aromatic rings. The molecule has 0 bridgehead atoms. The summed E-state index contributed by atoms with van der Waals surface area (Å²) in [6.45, 7) is 9.02. The average Bonchev–Trinajstić information content (AvgIpc) is 2.82. The van der Waals surface area contributed by atoms with Gasteiger partial charge >= 0.3 is 5.97 Å². The number of nitrogens with zero attached hydrogens (tertiary/aromatic N) is 1. The molecule has 1 heterocycles. The van der Waals surface area contributed by atoms with Gasteiger partial charge in [-0.15, -0.1) is 0 Å². The number of carboxylic acids is 1. The second-order valence-corrected chi connectivity index (χ2v) is 6.36. The monoisotopic (exact) mass is 291 g/mol. The van der Waals surface area contributed by atoms with Crippen LogP contribution < -0.4 is 4.74 Å². The zero-order valence-electron chi connectivity index (χ0n) is 13.2. The molecule has 0 amide bonds. The lowest BCUT2D eigenvalue weighted by atomic mass is 9.90. The number of likely N-dealkylation sites (tertiary alicyclic amines) is 1. The van der Waals surface area contributed by atoms with Gasteiger partial charge < -0.3 is 14.7 Å². The van der Waals surface area contributed by atoms with Crippen molar-refractivity contribution >= 4 is 5.97 Å². The van der Waals surface area contributed by atoms with Crippen LogP contribution in [0.3, 0.4) is 0 Å². The average molecular weight is 291 g/mol. The highest BCUT2D eigenvalue weighted by molar-refractivity contribution is 5.74. The number of hydrogen-bond donors (Lipinski definition) is 1. The van der Waals surface area contributed by atoms with E-state index in [2.05, 4.69) is 30.0 Å². The molecule has 1 aliphatic rings. The van der Waals surface area contributed by atoms with Crippen LogP contribution in [-0.4, -0.2) is 42.2 Å². The molecule has 1 fully saturated rings. The van der Waals surface area contributed by atoms with E-state index in [-0.39, 0.29) is 0 Å². The Hall–Kier alpha value is -1.55. The third-order valence-electron chi connectivity index (χ3n) is 4.29. The molecule has 1 aliphatic heterocycles. The number of aliphatic carboxylic acids is 1. The maximum Gasteiger partial charge on any atom is 0.310 e. The molecular weight excluding hydrogens is 266 g/mol. The predicted octanol–water partition coefficient (Wildman–Crippen LogP) is 2.87. The van der Waals surface area contributed by atoms with Crippen molar-refractivity contribution < 1.29 is 14.6 Å². The van der Waals surface area contributed by atoms with Crippen molar-refractivity contribution in [2.75, 3.05) is 26.2 Å². The van der Waals surface area contributed by atoms with Gasteiger partial charge in [0, 0.05) is 13.1 Å². The molecule has 1 unspecified atom stereocenters. The fraction of sp³-hybridized carbons (Fsp3) is 0.588. The number of carboxylic acid groups (broad SMARTS) is 1. The summed E-state index contributed by atoms with van der Waals surface area (Å²) in [5.41, 5.74) is 1.78. The summed E-state index contributed by atoms with van der Waals surface area (Å²) in [5, 5.41) is 9.22. The van der Waals surface area contributed by atoms with Gasteiger partial charge in [-0.3, -0.25) is 4.79 Å². The van der Waals surface area contributed by atoms with E-state index in [0.717, 1.165) is 37.2 Å². The Bertz CT molecular complexity index is 515. The molecule has 0 saturated carbocycles. The molecule has 1 aromatic carbocycles. The largest absolute Gasteiger partial charge is 0.493 e. The second kappa shape index (κ2) is 6.48. The Labute approximate surface area is 126 Å². The lowest BCUT2D eigenvalue weighted by Crippen LogP contribution is -2.32. The summed E-state index contributed by atoms with van der Waals surface area (Å²) in [6, 6.07) is 6.22. The number of hydrogen-bond acceptors (Lipinski definition) is 3. The van der Waals surface area contributed by atoms with Crippen molar-refractivity contribution in [1.29, 1.82) is 0 Å². The van der Waals surface area contributed by atoms with Crippen molar-refractivity contribution in [2.45, 2.75) is 33.6 Å². The van der Waals surface area contributed by atoms with Gasteiger partial charge in [-0.25, -0.2) is 0 Å². The van der Waals surface area contributed by atoms with E-state index in [0.29, 0.717) is 13.2 Å². The van der Waals surface area contributed by atoms with E-state index in [1.807, 2.05) is 13.8 Å². The molecule has 21 heavy (non-hydrogen) atoms. The molecule has 116 valence electrons. The molecule has 0 aromatic heterocycles. The summed E-state index contributed by atoms with van der Waals surface area (Å²) < 4.78 is 5.83. The standard InChI is InChI=1S/C17H25NO3/c1-13-5-6-14(2)15(11-13)21-10-4-8-18-9-7-17(3,12-18)16(19)20/h5-6,11H,4,7-10,12H2,1-3H3,(H,19,20). The van der Waals surface area contributed by atoms with Crippen molar-refractivity contribution in [1.82, 2.24) is 4.90 Å². The summed E-state index contributed by atoms with van der Waals surface area (Å²) in [5.74, 6) is 0.267. The van der Waals surface area contributed by atoms with Gasteiger partial charge in [-0.1, -0.05) is 12.1 Å². The Balaban J connectivity index is 1.74. The van der Waals surface area contributed by atoms with Gasteiger partial charge in [-0.2, -0.15) is 0 Å². The fourth-order valence-electron chi connectivity index (χ4n) is 2.76. The van der Waals surface area contributed by atoms with Crippen LogP contribution in [0.2, 0.25) is 0 Å². The molecule has 0 spiro atoms. The van der Waals surface area contributed by atoms with Crippen LogP contribution in [0.4, 0.5) is 0 Å². The second-order valence-electron chi connectivity index (χ2n) is 6.36. The topological polar surface area (TPSA) is 49.8 Å². The van der Waals surface area contributed by atoms with Crippen LogP contribution >= 0.6 is 0 Å². The minimum absolute atomic E-state index is 0.575. The molecule has 0 aliphatic carbocycles. The van der Waals surface area contributed by atoms with E-state index < -0.39 is 11.4 Å². The van der Waals surface area contributed by atoms with Gasteiger partial charge in [0.2, 0.25) is 0 Å². The quantitative estimate of drug-likeness (QED) is 0.819. The number of carbonyl (C=O) groups is 1. The number of benzene rings is 1. The normalized spacial score (nSPS) is 22.4. The van der Waals surface area contributed by atoms with Crippen LogP contribution in [0.1, 0.15) is 30.9 Å². The van der Waals surface area contributed by atoms with Gasteiger partial charge in [0.05, 0.1) is 12.0 Å². The molecule has 4 nitrogen and oxygen atoms in total. The highest BCUT2D eigenvalue weighted by atomic mass is 16.5. The molecule has 1 atom stereocenters. The van der Waals surface area contributed by atoms with E-state index in [4.69, 9.17) is 4.74 Å². The first-order valence-electron chi connectivity index (χ1n) is 7.56. The minimum Gasteiger partial charge on any atom is -0.493 e. The zero-order valence-corrected chi connectivity index (χ0v) is 13.2. The minimum atomic E-state index is -0.684. The lowest BCUT2D eigenvalue weighted by molar-refractivity contribution is -0.147. The first-order valence-corrected chi connectivity index (χ1v) is 7.56. The van der Waals surface area contributed by atoms with Crippen LogP contribution in [0.15, 0.2) is 18.2 Å². The highest BCUT2D eigenvalue weighted by Crippen LogP contribution is 2.30. The summed E-state index contributed by atoms with van der Waals surface area (Å²) >= 11 is 0. The maximum absolute atomic E-state index is 11.2. The van der Waals surface area contributed by atoms with Gasteiger partial charge in [0.15, 0.2) is 0 Å². The van der Waals surface area contributed by atoms with Crippen molar-refractivity contribution in [3.8, 4) is 5.75 Å². The molecular formula is C17H25NO3. The Kier molecular flexibility index (Phi) is 4.88. The van der Waals surface area contributed by atoms with E-state index in [1.165, 1.54) is 5.56 Å². The molecule has 0 radical (unpaired) electrons. The number of rotatable bonds is 6.